The van der Waals surface area contributed by atoms with Crippen LogP contribution in [-0.2, 0) is 0 Å². The smallest absolute Gasteiger partial charge is 0.147 e. The number of imidazole rings is 1. The van der Waals surface area contributed by atoms with Crippen LogP contribution < -0.4 is 5.73 Å². The van der Waals surface area contributed by atoms with Crippen LogP contribution in [0.2, 0.25) is 5.02 Å². The van der Waals surface area contributed by atoms with Crippen molar-refractivity contribution < 1.29 is 4.39 Å². The van der Waals surface area contributed by atoms with E-state index in [-0.39, 0.29) is 11.9 Å². The normalized spacial score (nSPS) is 12.8. The summed E-state index contributed by atoms with van der Waals surface area (Å²) in [5, 5.41) is 0.473. The summed E-state index contributed by atoms with van der Waals surface area (Å²) in [6.45, 7) is 1.82. The number of nitrogens with two attached hydrogens (primary N) is 1. The number of benzene rings is 1. The molecule has 0 aliphatic carbocycles. The second-order valence-corrected chi connectivity index (χ2v) is 4.01. The molecule has 0 spiro atoms. The summed E-state index contributed by atoms with van der Waals surface area (Å²) in [6, 6.07) is 4.15. The fraction of sp³-hybridized carbons (Fsp3) is 0.182. The average molecular weight is 240 g/mol. The maximum Gasteiger partial charge on any atom is 0.147 e. The number of aromatic nitrogens is 2. The Morgan fingerprint density at radius 2 is 2.25 bits per heavy atom. The van der Waals surface area contributed by atoms with Crippen LogP contribution in [0.4, 0.5) is 4.39 Å². The summed E-state index contributed by atoms with van der Waals surface area (Å²) in [6.07, 6.45) is 3.14. The molecule has 1 aromatic heterocycles. The molecule has 1 heterocycles. The van der Waals surface area contributed by atoms with Gasteiger partial charge in [0.15, 0.2) is 0 Å². The van der Waals surface area contributed by atoms with Crippen LogP contribution in [0.3, 0.4) is 0 Å². The van der Waals surface area contributed by atoms with E-state index in [9.17, 15) is 4.39 Å². The Balaban J connectivity index is 2.58. The Bertz CT molecular complexity index is 508. The molecule has 0 saturated carbocycles. The second kappa shape index (κ2) is 4.23. The van der Waals surface area contributed by atoms with Gasteiger partial charge >= 0.3 is 0 Å². The van der Waals surface area contributed by atoms with Gasteiger partial charge in [0.2, 0.25) is 0 Å². The Labute approximate surface area is 97.7 Å². The highest BCUT2D eigenvalue weighted by molar-refractivity contribution is 6.30. The zero-order valence-corrected chi connectivity index (χ0v) is 9.45. The first-order chi connectivity index (χ1) is 7.59. The summed E-state index contributed by atoms with van der Waals surface area (Å²) in [4.78, 5) is 3.96. The molecule has 84 valence electrons. The molecular formula is C11H11ClFN3. The fourth-order valence-electron chi connectivity index (χ4n) is 1.51. The van der Waals surface area contributed by atoms with Crippen LogP contribution in [0.1, 0.15) is 18.7 Å². The molecule has 0 bridgehead atoms. The van der Waals surface area contributed by atoms with Gasteiger partial charge < -0.3 is 5.73 Å². The van der Waals surface area contributed by atoms with Crippen molar-refractivity contribution in [1.29, 1.82) is 0 Å². The van der Waals surface area contributed by atoms with Crippen LogP contribution in [0.5, 0.6) is 0 Å². The molecule has 0 saturated heterocycles. The quantitative estimate of drug-likeness (QED) is 0.876. The molecule has 0 amide bonds. The number of hydrogen-bond donors (Lipinski definition) is 1. The molecular weight excluding hydrogens is 229 g/mol. The summed E-state index contributed by atoms with van der Waals surface area (Å²) >= 11 is 5.83. The molecule has 0 radical (unpaired) electrons. The van der Waals surface area contributed by atoms with Gasteiger partial charge in [-0.15, -0.1) is 0 Å². The predicted octanol–water partition coefficient (Wildman–Crippen LogP) is 2.68. The van der Waals surface area contributed by atoms with Crippen LogP contribution in [0.15, 0.2) is 30.7 Å². The third kappa shape index (κ3) is 1.94. The van der Waals surface area contributed by atoms with E-state index in [4.69, 9.17) is 17.3 Å². The number of rotatable bonds is 2. The lowest BCUT2D eigenvalue weighted by molar-refractivity contribution is 0.612. The monoisotopic (exact) mass is 239 g/mol. The van der Waals surface area contributed by atoms with Gasteiger partial charge in [0, 0.05) is 11.1 Å². The van der Waals surface area contributed by atoms with Crippen molar-refractivity contribution >= 4 is 11.6 Å². The van der Waals surface area contributed by atoms with Gasteiger partial charge in [0.25, 0.3) is 0 Å². The molecule has 0 aliphatic rings. The van der Waals surface area contributed by atoms with E-state index in [1.54, 1.807) is 16.8 Å². The highest BCUT2D eigenvalue weighted by Gasteiger charge is 2.12. The van der Waals surface area contributed by atoms with Crippen molar-refractivity contribution in [3.8, 4) is 5.69 Å². The maximum atomic E-state index is 13.6. The van der Waals surface area contributed by atoms with Gasteiger partial charge in [-0.25, -0.2) is 9.37 Å². The summed E-state index contributed by atoms with van der Waals surface area (Å²) < 4.78 is 15.2. The van der Waals surface area contributed by atoms with Crippen molar-refractivity contribution in [3.63, 3.8) is 0 Å². The first kappa shape index (κ1) is 11.1. The minimum Gasteiger partial charge on any atom is -0.323 e. The van der Waals surface area contributed by atoms with Gasteiger partial charge in [0.1, 0.15) is 5.82 Å². The number of hydrogen-bond acceptors (Lipinski definition) is 2. The first-order valence-corrected chi connectivity index (χ1v) is 5.20. The zero-order chi connectivity index (χ0) is 11.7. The SMILES string of the molecule is CC(N)c1cncn1-c1cc(Cl)ccc1F. The zero-order valence-electron chi connectivity index (χ0n) is 8.69. The van der Waals surface area contributed by atoms with E-state index in [1.807, 2.05) is 6.92 Å². The molecule has 1 unspecified atom stereocenters. The average Bonchev–Trinajstić information content (AvgIpc) is 2.70. The predicted molar refractivity (Wildman–Crippen MR) is 61.1 cm³/mol. The summed E-state index contributed by atoms with van der Waals surface area (Å²) in [5.41, 5.74) is 6.86. The van der Waals surface area contributed by atoms with Crippen LogP contribution in [0, 0.1) is 5.82 Å². The molecule has 3 nitrogen and oxygen atoms in total. The van der Waals surface area contributed by atoms with Crippen LogP contribution in [-0.4, -0.2) is 9.55 Å². The third-order valence-corrected chi connectivity index (χ3v) is 2.54. The Hall–Kier alpha value is -1.39. The van der Waals surface area contributed by atoms with Gasteiger partial charge in [-0.05, 0) is 25.1 Å². The van der Waals surface area contributed by atoms with Crippen LogP contribution in [0.25, 0.3) is 5.69 Å². The second-order valence-electron chi connectivity index (χ2n) is 3.57. The van der Waals surface area contributed by atoms with Crippen LogP contribution >= 0.6 is 11.6 Å². The Morgan fingerprint density at radius 3 is 2.94 bits per heavy atom. The molecule has 2 rings (SSSR count). The maximum absolute atomic E-state index is 13.6. The molecule has 0 aliphatic heterocycles. The molecule has 1 atom stereocenters. The van der Waals surface area contributed by atoms with E-state index in [0.29, 0.717) is 10.7 Å². The minimum absolute atomic E-state index is 0.221. The molecule has 1 aromatic carbocycles. The van der Waals surface area contributed by atoms with Gasteiger partial charge in [-0.3, -0.25) is 4.57 Å². The lowest BCUT2D eigenvalue weighted by Gasteiger charge is -2.11. The standard InChI is InChI=1S/C11H11ClFN3/c1-7(14)11-5-15-6-16(11)10-4-8(12)2-3-9(10)13/h2-7H,14H2,1H3. The molecule has 2 N–H and O–H groups in total. The minimum atomic E-state index is -0.357. The van der Waals surface area contributed by atoms with Gasteiger partial charge in [0.05, 0.1) is 23.9 Å². The van der Waals surface area contributed by atoms with Crippen molar-refractivity contribution in [2.45, 2.75) is 13.0 Å². The lowest BCUT2D eigenvalue weighted by Crippen LogP contribution is -2.11. The summed E-state index contributed by atoms with van der Waals surface area (Å²) in [7, 11) is 0. The highest BCUT2D eigenvalue weighted by Crippen LogP contribution is 2.22. The highest BCUT2D eigenvalue weighted by atomic mass is 35.5. The molecule has 2 aromatic rings. The Morgan fingerprint density at radius 1 is 1.50 bits per heavy atom. The van der Waals surface area contributed by atoms with E-state index in [0.717, 1.165) is 5.69 Å². The molecule has 16 heavy (non-hydrogen) atoms. The van der Waals surface area contributed by atoms with Crippen molar-refractivity contribution in [2.75, 3.05) is 0 Å². The lowest BCUT2D eigenvalue weighted by atomic mass is 10.2. The molecule has 0 fully saturated rings. The van der Waals surface area contributed by atoms with Crippen molar-refractivity contribution in [3.05, 3.63) is 47.3 Å². The number of halogens is 2. The third-order valence-electron chi connectivity index (χ3n) is 2.30. The largest absolute Gasteiger partial charge is 0.323 e. The van der Waals surface area contributed by atoms with E-state index in [2.05, 4.69) is 4.98 Å². The summed E-state index contributed by atoms with van der Waals surface area (Å²) in [5.74, 6) is -0.357. The fourth-order valence-corrected chi connectivity index (χ4v) is 1.68. The number of nitrogens with zero attached hydrogens (tertiary/aromatic N) is 2. The van der Waals surface area contributed by atoms with Gasteiger partial charge in [-0.1, -0.05) is 11.6 Å². The van der Waals surface area contributed by atoms with E-state index in [1.165, 1.54) is 18.5 Å². The molecule has 5 heteroatoms. The van der Waals surface area contributed by atoms with Crippen molar-refractivity contribution in [1.82, 2.24) is 9.55 Å². The topological polar surface area (TPSA) is 43.8 Å². The first-order valence-electron chi connectivity index (χ1n) is 4.83. The van der Waals surface area contributed by atoms with Gasteiger partial charge in [-0.2, -0.15) is 0 Å². The Kier molecular flexibility index (Phi) is 2.94. The van der Waals surface area contributed by atoms with E-state index < -0.39 is 0 Å². The van der Waals surface area contributed by atoms with Crippen molar-refractivity contribution in [2.24, 2.45) is 5.73 Å². The van der Waals surface area contributed by atoms with E-state index >= 15 is 0 Å².